The van der Waals surface area contributed by atoms with Crippen LogP contribution < -0.4 is 9.47 Å². The van der Waals surface area contributed by atoms with Gasteiger partial charge in [-0.3, -0.25) is 14.5 Å². The number of rotatable bonds is 8. The van der Waals surface area contributed by atoms with Gasteiger partial charge in [0.15, 0.2) is 11.5 Å². The molecule has 0 bridgehead atoms. The van der Waals surface area contributed by atoms with E-state index in [-0.39, 0.29) is 23.0 Å². The zero-order chi connectivity index (χ0) is 25.8. The van der Waals surface area contributed by atoms with Crippen LogP contribution in [0.15, 0.2) is 57.9 Å². The first-order valence-corrected chi connectivity index (χ1v) is 12.7. The smallest absolute Gasteiger partial charge is 0.373 e. The van der Waals surface area contributed by atoms with E-state index in [0.29, 0.717) is 28.7 Å². The average molecular weight is 640 g/mol. The lowest BCUT2D eigenvalue weighted by atomic mass is 10.1. The number of benzene rings is 2. The fraction of sp³-hybridized carbons (Fsp3) is 0.160. The third kappa shape index (κ3) is 5.88. The Bertz CT molecular complexity index is 1350. The number of halogens is 2. The molecule has 1 aliphatic heterocycles. The Labute approximate surface area is 229 Å². The van der Waals surface area contributed by atoms with Crippen molar-refractivity contribution in [2.45, 2.75) is 13.2 Å². The van der Waals surface area contributed by atoms with E-state index in [0.717, 1.165) is 25.8 Å². The summed E-state index contributed by atoms with van der Waals surface area (Å²) in [4.78, 5) is 38.3. The highest BCUT2D eigenvalue weighted by Crippen LogP contribution is 2.38. The highest BCUT2D eigenvalue weighted by molar-refractivity contribution is 14.1. The van der Waals surface area contributed by atoms with Crippen LogP contribution in [-0.2, 0) is 22.7 Å². The van der Waals surface area contributed by atoms with Gasteiger partial charge >= 0.3 is 5.97 Å². The van der Waals surface area contributed by atoms with Crippen molar-refractivity contribution in [3.05, 3.63) is 84.7 Å². The second kappa shape index (κ2) is 11.4. The van der Waals surface area contributed by atoms with Crippen LogP contribution in [0.25, 0.3) is 6.08 Å². The summed E-state index contributed by atoms with van der Waals surface area (Å²) < 4.78 is 22.3. The van der Waals surface area contributed by atoms with Gasteiger partial charge in [-0.25, -0.2) is 4.79 Å². The van der Waals surface area contributed by atoms with Gasteiger partial charge in [0, 0.05) is 5.02 Å². The van der Waals surface area contributed by atoms with Gasteiger partial charge in [0.2, 0.25) is 5.76 Å². The molecule has 2 aromatic carbocycles. The first kappa shape index (κ1) is 26.1. The highest BCUT2D eigenvalue weighted by Gasteiger charge is 2.36. The molecule has 1 aromatic heterocycles. The molecule has 0 unspecified atom stereocenters. The summed E-state index contributed by atoms with van der Waals surface area (Å²) in [6, 6.07) is 13.9. The van der Waals surface area contributed by atoms with Crippen molar-refractivity contribution >= 4 is 69.1 Å². The molecule has 2 heterocycles. The first-order chi connectivity index (χ1) is 17.3. The van der Waals surface area contributed by atoms with Gasteiger partial charge in [0.1, 0.15) is 12.4 Å². The quantitative estimate of drug-likeness (QED) is 0.165. The Balaban J connectivity index is 1.50. The van der Waals surface area contributed by atoms with Crippen LogP contribution in [0.2, 0.25) is 5.02 Å². The Hall–Kier alpha value is -2.96. The number of furan rings is 1. The van der Waals surface area contributed by atoms with E-state index in [2.05, 4.69) is 27.3 Å². The molecule has 3 aromatic rings. The molecule has 1 saturated heterocycles. The molecule has 8 nitrogen and oxygen atoms in total. The lowest BCUT2D eigenvalue weighted by Crippen LogP contribution is -2.27. The zero-order valence-corrected chi connectivity index (χ0v) is 22.8. The predicted octanol–water partition coefficient (Wildman–Crippen LogP) is 6.15. The second-order valence-electron chi connectivity index (χ2n) is 7.47. The molecule has 0 atom stereocenters. The molecule has 0 saturated carbocycles. The number of carbonyl (C=O) groups excluding carboxylic acids is 3. The van der Waals surface area contributed by atoms with Crippen molar-refractivity contribution in [2.24, 2.45) is 0 Å². The predicted molar refractivity (Wildman–Crippen MR) is 143 cm³/mol. The lowest BCUT2D eigenvalue weighted by molar-refractivity contribution is -0.123. The standard InChI is InChI=1S/C25H19ClINO7S/c1-32-20-10-15(9-18(27)22(20)34-13-14-3-5-16(26)6-4-14)11-21-23(29)28(25(31)36-21)12-17-7-8-19(35-17)24(30)33-2/h3-11H,12-13H2,1-2H3/b21-11-. The molecule has 1 fully saturated rings. The molecule has 1 aliphatic rings. The maximum Gasteiger partial charge on any atom is 0.373 e. The number of thioether (sulfide) groups is 1. The van der Waals surface area contributed by atoms with Gasteiger partial charge in [-0.1, -0.05) is 23.7 Å². The van der Waals surface area contributed by atoms with E-state index in [1.807, 2.05) is 18.2 Å². The van der Waals surface area contributed by atoms with Crippen LogP contribution in [0.1, 0.15) is 27.4 Å². The van der Waals surface area contributed by atoms with Crippen LogP contribution >= 0.6 is 46.0 Å². The summed E-state index contributed by atoms with van der Waals surface area (Å²) in [5.41, 5.74) is 1.62. The minimum Gasteiger partial charge on any atom is -0.493 e. The number of nitrogens with zero attached hydrogens (tertiary/aromatic N) is 1. The lowest BCUT2D eigenvalue weighted by Gasteiger charge is -2.14. The maximum atomic E-state index is 12.9. The third-order valence-corrected chi connectivity index (χ3v) is 7.04. The molecule has 0 radical (unpaired) electrons. The van der Waals surface area contributed by atoms with Gasteiger partial charge in [-0.15, -0.1) is 0 Å². The number of carbonyl (C=O) groups is 3. The average Bonchev–Trinajstić information content (AvgIpc) is 3.44. The third-order valence-electron chi connectivity index (χ3n) is 5.08. The SMILES string of the molecule is COC(=O)c1ccc(CN2C(=O)S/C(=C\c3cc(I)c(OCc4ccc(Cl)cc4)c(OC)c3)C2=O)o1. The number of hydrogen-bond acceptors (Lipinski definition) is 8. The van der Waals surface area contributed by atoms with Crippen LogP contribution in [0.3, 0.4) is 0 Å². The topological polar surface area (TPSA) is 95.3 Å². The fourth-order valence-electron chi connectivity index (χ4n) is 3.32. The van der Waals surface area contributed by atoms with Crippen LogP contribution in [0.5, 0.6) is 11.5 Å². The Kier molecular flexibility index (Phi) is 8.27. The number of hydrogen-bond donors (Lipinski definition) is 0. The minimum atomic E-state index is -0.639. The summed E-state index contributed by atoms with van der Waals surface area (Å²) in [6.07, 6.45) is 1.63. The summed E-state index contributed by atoms with van der Waals surface area (Å²) >= 11 is 8.90. The molecule has 0 N–H and O–H groups in total. The molecule has 0 spiro atoms. The molecular weight excluding hydrogens is 621 g/mol. The van der Waals surface area contributed by atoms with E-state index >= 15 is 0 Å². The van der Waals surface area contributed by atoms with Crippen LogP contribution in [-0.4, -0.2) is 36.2 Å². The van der Waals surface area contributed by atoms with Gasteiger partial charge in [0.05, 0.1) is 29.2 Å². The maximum absolute atomic E-state index is 12.9. The second-order valence-corrected chi connectivity index (χ2v) is 10.1. The summed E-state index contributed by atoms with van der Waals surface area (Å²) in [5, 5.41) is 0.210. The van der Waals surface area contributed by atoms with Crippen LogP contribution in [0, 0.1) is 3.57 Å². The van der Waals surface area contributed by atoms with E-state index in [1.54, 1.807) is 24.3 Å². The summed E-state index contributed by atoms with van der Waals surface area (Å²) in [6.45, 7) is 0.226. The van der Waals surface area contributed by atoms with Crippen molar-refractivity contribution in [3.8, 4) is 11.5 Å². The van der Waals surface area contributed by atoms with E-state index in [1.165, 1.54) is 26.4 Å². The number of esters is 1. The molecule has 0 aliphatic carbocycles. The van der Waals surface area contributed by atoms with E-state index in [9.17, 15) is 14.4 Å². The van der Waals surface area contributed by atoms with Gasteiger partial charge in [-0.2, -0.15) is 0 Å². The monoisotopic (exact) mass is 639 g/mol. The van der Waals surface area contributed by atoms with Gasteiger partial charge < -0.3 is 18.6 Å². The highest BCUT2D eigenvalue weighted by atomic mass is 127. The van der Waals surface area contributed by atoms with Crippen molar-refractivity contribution in [2.75, 3.05) is 14.2 Å². The first-order valence-electron chi connectivity index (χ1n) is 10.5. The largest absolute Gasteiger partial charge is 0.493 e. The van der Waals surface area contributed by atoms with Gasteiger partial charge in [0.25, 0.3) is 11.1 Å². The molecule has 36 heavy (non-hydrogen) atoms. The Morgan fingerprint density at radius 2 is 1.89 bits per heavy atom. The number of amides is 2. The van der Waals surface area contributed by atoms with Crippen molar-refractivity contribution in [1.82, 2.24) is 4.90 Å². The Morgan fingerprint density at radius 3 is 2.58 bits per heavy atom. The minimum absolute atomic E-state index is 0.00458. The number of ether oxygens (including phenoxy) is 3. The Morgan fingerprint density at radius 1 is 1.14 bits per heavy atom. The van der Waals surface area contributed by atoms with Gasteiger partial charge in [-0.05, 0) is 88.0 Å². The molecule has 2 amide bonds. The fourth-order valence-corrected chi connectivity index (χ4v) is 5.06. The van der Waals surface area contributed by atoms with E-state index in [4.69, 9.17) is 25.5 Å². The van der Waals surface area contributed by atoms with Crippen molar-refractivity contribution in [1.29, 1.82) is 0 Å². The molecule has 186 valence electrons. The molecule has 11 heteroatoms. The zero-order valence-electron chi connectivity index (χ0n) is 19.1. The van der Waals surface area contributed by atoms with E-state index < -0.39 is 17.1 Å². The van der Waals surface area contributed by atoms with Crippen LogP contribution in [0.4, 0.5) is 4.79 Å². The molecule has 4 rings (SSSR count). The normalized spacial score (nSPS) is 14.4. The van der Waals surface area contributed by atoms with Crippen molar-refractivity contribution in [3.63, 3.8) is 0 Å². The molecular formula is C25H19ClINO7S. The summed E-state index contributed by atoms with van der Waals surface area (Å²) in [5.74, 6) is 0.245. The number of imide groups is 1. The summed E-state index contributed by atoms with van der Waals surface area (Å²) in [7, 11) is 2.77. The van der Waals surface area contributed by atoms with Crippen molar-refractivity contribution < 1.29 is 33.0 Å². The number of methoxy groups -OCH3 is 2.